The second-order valence-electron chi connectivity index (χ2n) is 5.64. The molecule has 0 aromatic heterocycles. The molecule has 2 aliphatic rings. The quantitative estimate of drug-likeness (QED) is 0.874. The highest BCUT2D eigenvalue weighted by Crippen LogP contribution is 2.25. The molecule has 0 saturated carbocycles. The van der Waals surface area contributed by atoms with E-state index >= 15 is 0 Å². The number of nitrogens with one attached hydrogen (secondary N) is 2. The number of anilines is 1. The van der Waals surface area contributed by atoms with E-state index < -0.39 is 30.8 Å². The monoisotopic (exact) mass is 325 g/mol. The van der Waals surface area contributed by atoms with Gasteiger partial charge in [0.05, 0.1) is 19.1 Å². The summed E-state index contributed by atoms with van der Waals surface area (Å²) in [6, 6.07) is 6.21. The average molecular weight is 325 g/mol. The summed E-state index contributed by atoms with van der Waals surface area (Å²) in [7, 11) is 0. The van der Waals surface area contributed by atoms with Crippen molar-refractivity contribution in [2.24, 2.45) is 0 Å². The minimum absolute atomic E-state index is 0.243. The molecule has 2 saturated heterocycles. The predicted octanol–water partition coefficient (Wildman–Crippen LogP) is 1.26. The predicted molar refractivity (Wildman–Crippen MR) is 78.3 cm³/mol. The van der Waals surface area contributed by atoms with Crippen molar-refractivity contribution in [3.05, 3.63) is 29.8 Å². The Bertz CT molecular complexity index is 606. The molecule has 23 heavy (non-hydrogen) atoms. The van der Waals surface area contributed by atoms with E-state index in [4.69, 9.17) is 4.74 Å². The molecule has 2 amide bonds. The molecule has 0 bridgehead atoms. The Balaban J connectivity index is 1.53. The van der Waals surface area contributed by atoms with Gasteiger partial charge in [0.1, 0.15) is 6.61 Å². The van der Waals surface area contributed by atoms with Crippen LogP contribution in [0.2, 0.25) is 0 Å². The van der Waals surface area contributed by atoms with Gasteiger partial charge in [-0.15, -0.1) is 0 Å². The van der Waals surface area contributed by atoms with E-state index in [1.165, 1.54) is 4.90 Å². The summed E-state index contributed by atoms with van der Waals surface area (Å²) in [6.45, 7) is 0.658. The maximum atomic E-state index is 13.1. The Morgan fingerprint density at radius 3 is 2.70 bits per heavy atom. The van der Waals surface area contributed by atoms with Gasteiger partial charge < -0.3 is 10.1 Å². The number of nitrogens with zero attached hydrogens (tertiary/aromatic N) is 1. The van der Waals surface area contributed by atoms with Gasteiger partial charge >= 0.3 is 6.09 Å². The van der Waals surface area contributed by atoms with Gasteiger partial charge in [-0.2, -0.15) is 0 Å². The summed E-state index contributed by atoms with van der Waals surface area (Å²) in [5.74, 6) is -3.26. The van der Waals surface area contributed by atoms with E-state index in [1.54, 1.807) is 24.3 Å². The molecule has 0 radical (unpaired) electrons. The average Bonchev–Trinajstić information content (AvgIpc) is 3.11. The van der Waals surface area contributed by atoms with Crippen LogP contribution in [0.5, 0.6) is 0 Å². The van der Waals surface area contributed by atoms with E-state index in [-0.39, 0.29) is 12.6 Å². The minimum atomic E-state index is -2.83. The van der Waals surface area contributed by atoms with Gasteiger partial charge in [-0.25, -0.2) is 13.6 Å². The van der Waals surface area contributed by atoms with Crippen LogP contribution in [-0.2, 0) is 16.1 Å². The summed E-state index contributed by atoms with van der Waals surface area (Å²) in [4.78, 5) is 24.8. The van der Waals surface area contributed by atoms with E-state index in [9.17, 15) is 18.4 Å². The van der Waals surface area contributed by atoms with Gasteiger partial charge in [0.15, 0.2) is 0 Å². The molecule has 1 atom stereocenters. The van der Waals surface area contributed by atoms with Crippen molar-refractivity contribution in [2.45, 2.75) is 24.9 Å². The maximum absolute atomic E-state index is 13.1. The van der Waals surface area contributed by atoms with Crippen LogP contribution in [0.25, 0.3) is 0 Å². The second-order valence-corrected chi connectivity index (χ2v) is 5.64. The number of hydrogen-bond acceptors (Lipinski definition) is 4. The zero-order valence-corrected chi connectivity index (χ0v) is 12.4. The van der Waals surface area contributed by atoms with Gasteiger partial charge in [-0.3, -0.25) is 15.0 Å². The summed E-state index contributed by atoms with van der Waals surface area (Å²) < 4.78 is 31.0. The number of rotatable bonds is 4. The largest absolute Gasteiger partial charge is 0.447 e. The molecule has 3 rings (SSSR count). The molecule has 2 aliphatic heterocycles. The molecule has 1 aromatic carbocycles. The molecule has 0 spiro atoms. The van der Waals surface area contributed by atoms with Crippen molar-refractivity contribution in [1.82, 2.24) is 10.6 Å². The summed E-state index contributed by atoms with van der Waals surface area (Å²) >= 11 is 0. The van der Waals surface area contributed by atoms with Crippen LogP contribution >= 0.6 is 0 Å². The van der Waals surface area contributed by atoms with Gasteiger partial charge in [0.2, 0.25) is 5.91 Å². The van der Waals surface area contributed by atoms with Gasteiger partial charge in [0.25, 0.3) is 5.92 Å². The topological polar surface area (TPSA) is 70.7 Å². The Morgan fingerprint density at radius 2 is 2.13 bits per heavy atom. The van der Waals surface area contributed by atoms with Crippen LogP contribution in [-0.4, -0.2) is 43.7 Å². The smallest absolute Gasteiger partial charge is 0.414 e. The zero-order chi connectivity index (χ0) is 16.4. The second kappa shape index (κ2) is 6.11. The van der Waals surface area contributed by atoms with Crippen LogP contribution in [0.1, 0.15) is 12.0 Å². The molecule has 6 nitrogen and oxygen atoms in total. The normalized spacial score (nSPS) is 23.0. The first-order valence-electron chi connectivity index (χ1n) is 7.37. The SMILES string of the molecule is O=C(NCc1ccc(N2CCOC2=O)cc1)C1CC(F)(F)CN1. The van der Waals surface area contributed by atoms with Crippen LogP contribution in [0.4, 0.5) is 19.3 Å². The first-order chi connectivity index (χ1) is 10.9. The Hall–Kier alpha value is -2.22. The van der Waals surface area contributed by atoms with E-state index in [0.29, 0.717) is 13.2 Å². The number of cyclic esters (lactones) is 1. The van der Waals surface area contributed by atoms with Crippen LogP contribution in [0.15, 0.2) is 24.3 Å². The van der Waals surface area contributed by atoms with Crippen molar-refractivity contribution in [3.63, 3.8) is 0 Å². The van der Waals surface area contributed by atoms with Crippen molar-refractivity contribution in [3.8, 4) is 0 Å². The molecular formula is C15H17F2N3O3. The lowest BCUT2D eigenvalue weighted by molar-refractivity contribution is -0.123. The molecular weight excluding hydrogens is 308 g/mol. The van der Waals surface area contributed by atoms with Crippen molar-refractivity contribution in [1.29, 1.82) is 0 Å². The number of benzene rings is 1. The number of carbonyl (C=O) groups excluding carboxylic acids is 2. The molecule has 2 fully saturated rings. The number of halogens is 2. The highest BCUT2D eigenvalue weighted by atomic mass is 19.3. The van der Waals surface area contributed by atoms with E-state index in [0.717, 1.165) is 11.3 Å². The third kappa shape index (κ3) is 3.58. The first kappa shape index (κ1) is 15.7. The number of carbonyl (C=O) groups is 2. The summed E-state index contributed by atoms with van der Waals surface area (Å²) in [5.41, 5.74) is 1.54. The van der Waals surface area contributed by atoms with Crippen molar-refractivity contribution in [2.75, 3.05) is 24.6 Å². The Labute approximate surface area is 131 Å². The molecule has 2 N–H and O–H groups in total. The van der Waals surface area contributed by atoms with Gasteiger partial charge in [-0.05, 0) is 17.7 Å². The fourth-order valence-corrected chi connectivity index (χ4v) is 2.63. The van der Waals surface area contributed by atoms with Crippen LogP contribution < -0.4 is 15.5 Å². The Morgan fingerprint density at radius 1 is 1.39 bits per heavy atom. The molecule has 0 aliphatic carbocycles. The third-order valence-corrected chi connectivity index (χ3v) is 3.90. The van der Waals surface area contributed by atoms with Crippen LogP contribution in [0, 0.1) is 0 Å². The van der Waals surface area contributed by atoms with Crippen molar-refractivity contribution < 1.29 is 23.1 Å². The fourth-order valence-electron chi connectivity index (χ4n) is 2.63. The minimum Gasteiger partial charge on any atom is -0.447 e. The summed E-state index contributed by atoms with van der Waals surface area (Å²) in [6.07, 6.45) is -0.853. The zero-order valence-electron chi connectivity index (χ0n) is 12.4. The fraction of sp³-hybridized carbons (Fsp3) is 0.467. The summed E-state index contributed by atoms with van der Waals surface area (Å²) in [5, 5.41) is 5.15. The third-order valence-electron chi connectivity index (χ3n) is 3.90. The van der Waals surface area contributed by atoms with Gasteiger partial charge in [-0.1, -0.05) is 12.1 Å². The standard InChI is InChI=1S/C15H17F2N3O3/c16-15(17)7-12(19-9-15)13(21)18-8-10-1-3-11(4-2-10)20-5-6-23-14(20)22/h1-4,12,19H,5-9H2,(H,18,21). The first-order valence-corrected chi connectivity index (χ1v) is 7.37. The molecule has 1 unspecified atom stereocenters. The lowest BCUT2D eigenvalue weighted by Gasteiger charge is -2.14. The molecule has 1 aromatic rings. The highest BCUT2D eigenvalue weighted by molar-refractivity contribution is 5.89. The lowest BCUT2D eigenvalue weighted by Crippen LogP contribution is -2.40. The number of amides is 2. The number of hydrogen-bond donors (Lipinski definition) is 2. The number of ether oxygens (including phenoxy) is 1. The highest BCUT2D eigenvalue weighted by Gasteiger charge is 2.42. The lowest BCUT2D eigenvalue weighted by atomic mass is 10.1. The van der Waals surface area contributed by atoms with Crippen molar-refractivity contribution >= 4 is 17.7 Å². The van der Waals surface area contributed by atoms with E-state index in [2.05, 4.69) is 10.6 Å². The maximum Gasteiger partial charge on any atom is 0.414 e. The Kier molecular flexibility index (Phi) is 4.16. The molecule has 124 valence electrons. The van der Waals surface area contributed by atoms with Crippen LogP contribution in [0.3, 0.4) is 0 Å². The van der Waals surface area contributed by atoms with Gasteiger partial charge in [0, 0.05) is 18.7 Å². The molecule has 8 heteroatoms. The van der Waals surface area contributed by atoms with E-state index in [1.807, 2.05) is 0 Å². The molecule has 2 heterocycles. The number of alkyl halides is 2.